The maximum Gasteiger partial charge on any atom is 0.313 e. The van der Waals surface area contributed by atoms with Crippen molar-refractivity contribution < 1.29 is 4.79 Å². The molecule has 0 saturated heterocycles. The molecule has 0 radical (unpaired) electrons. The van der Waals surface area contributed by atoms with Gasteiger partial charge in [-0.3, -0.25) is 0 Å². The Balaban J connectivity index is 3.43. The SMILES string of the molecule is C#CC(C)NC(N)=O. The number of primary amides is 1. The Morgan fingerprint density at radius 3 is 2.62 bits per heavy atom. The van der Waals surface area contributed by atoms with Crippen LogP contribution in [0.3, 0.4) is 0 Å². The number of carbonyl (C=O) groups excluding carboxylic acids is 1. The summed E-state index contributed by atoms with van der Waals surface area (Å²) < 4.78 is 0. The number of amides is 2. The molecule has 1 atom stereocenters. The van der Waals surface area contributed by atoms with E-state index >= 15 is 0 Å². The first kappa shape index (κ1) is 6.83. The first-order valence-electron chi connectivity index (χ1n) is 2.19. The maximum atomic E-state index is 9.98. The average Bonchev–Trinajstić information content (AvgIpc) is 1.65. The lowest BCUT2D eigenvalue weighted by Gasteiger charge is -2.01. The normalized spacial score (nSPS) is 11.5. The Labute approximate surface area is 48.2 Å². The Bertz CT molecular complexity index is 125. The van der Waals surface area contributed by atoms with Gasteiger partial charge in [0.15, 0.2) is 0 Å². The predicted molar refractivity (Wildman–Crippen MR) is 31.0 cm³/mol. The third kappa shape index (κ3) is 3.04. The number of nitrogens with one attached hydrogen (secondary N) is 1. The van der Waals surface area contributed by atoms with E-state index in [0.717, 1.165) is 0 Å². The van der Waals surface area contributed by atoms with E-state index in [-0.39, 0.29) is 6.04 Å². The van der Waals surface area contributed by atoms with Gasteiger partial charge in [-0.05, 0) is 6.92 Å². The van der Waals surface area contributed by atoms with Gasteiger partial charge >= 0.3 is 6.03 Å². The molecule has 0 aliphatic carbocycles. The largest absolute Gasteiger partial charge is 0.352 e. The van der Waals surface area contributed by atoms with Crippen molar-refractivity contribution in [3.8, 4) is 12.3 Å². The summed E-state index contributed by atoms with van der Waals surface area (Å²) in [6, 6.07) is -0.858. The summed E-state index contributed by atoms with van der Waals surface area (Å²) in [5, 5.41) is 2.30. The molecule has 0 saturated carbocycles. The predicted octanol–water partition coefficient (Wildman–Crippen LogP) is -0.324. The number of urea groups is 1. The molecule has 3 N–H and O–H groups in total. The number of rotatable bonds is 1. The van der Waals surface area contributed by atoms with Crippen LogP contribution in [0, 0.1) is 12.3 Å². The molecule has 0 rings (SSSR count). The van der Waals surface area contributed by atoms with Crippen molar-refractivity contribution in [3.05, 3.63) is 0 Å². The number of hydrogen-bond donors (Lipinski definition) is 2. The first-order chi connectivity index (χ1) is 3.66. The van der Waals surface area contributed by atoms with Crippen LogP contribution in [-0.4, -0.2) is 12.1 Å². The molecular weight excluding hydrogens is 104 g/mol. The first-order valence-corrected chi connectivity index (χ1v) is 2.19. The van der Waals surface area contributed by atoms with E-state index in [4.69, 9.17) is 12.2 Å². The van der Waals surface area contributed by atoms with Crippen molar-refractivity contribution in [1.82, 2.24) is 5.32 Å². The molecule has 0 heterocycles. The second-order valence-electron chi connectivity index (χ2n) is 1.40. The van der Waals surface area contributed by atoms with Crippen LogP contribution in [0.15, 0.2) is 0 Å². The lowest BCUT2D eigenvalue weighted by atomic mass is 10.4. The molecule has 8 heavy (non-hydrogen) atoms. The molecule has 3 heteroatoms. The molecule has 44 valence electrons. The highest BCUT2D eigenvalue weighted by molar-refractivity contribution is 5.72. The summed E-state index contributed by atoms with van der Waals surface area (Å²) in [4.78, 5) is 9.98. The minimum Gasteiger partial charge on any atom is -0.352 e. The van der Waals surface area contributed by atoms with Crippen LogP contribution in [0.25, 0.3) is 0 Å². The lowest BCUT2D eigenvalue weighted by molar-refractivity contribution is 0.248. The van der Waals surface area contributed by atoms with Gasteiger partial charge < -0.3 is 11.1 Å². The van der Waals surface area contributed by atoms with Crippen molar-refractivity contribution in [1.29, 1.82) is 0 Å². The van der Waals surface area contributed by atoms with Gasteiger partial charge in [0.05, 0.1) is 6.04 Å². The fourth-order valence-corrected chi connectivity index (χ4v) is 0.255. The van der Waals surface area contributed by atoms with Gasteiger partial charge in [0, 0.05) is 0 Å². The fourth-order valence-electron chi connectivity index (χ4n) is 0.255. The fraction of sp³-hybridized carbons (Fsp3) is 0.400. The van der Waals surface area contributed by atoms with Gasteiger partial charge in [-0.25, -0.2) is 4.79 Å². The Hall–Kier alpha value is -1.17. The maximum absolute atomic E-state index is 9.98. The topological polar surface area (TPSA) is 55.1 Å². The summed E-state index contributed by atoms with van der Waals surface area (Å²) in [5.74, 6) is 2.28. The zero-order valence-electron chi connectivity index (χ0n) is 4.64. The monoisotopic (exact) mass is 112 g/mol. The minimum absolute atomic E-state index is 0.271. The zero-order valence-corrected chi connectivity index (χ0v) is 4.64. The van der Waals surface area contributed by atoms with Gasteiger partial charge in [-0.1, -0.05) is 5.92 Å². The van der Waals surface area contributed by atoms with Crippen LogP contribution in [0.2, 0.25) is 0 Å². The lowest BCUT2D eigenvalue weighted by Crippen LogP contribution is -2.35. The summed E-state index contributed by atoms with van der Waals surface area (Å²) in [6.07, 6.45) is 4.90. The van der Waals surface area contributed by atoms with Gasteiger partial charge in [0.25, 0.3) is 0 Å². The van der Waals surface area contributed by atoms with Crippen LogP contribution in [0.1, 0.15) is 6.92 Å². The Kier molecular flexibility index (Phi) is 2.49. The molecule has 2 amide bonds. The van der Waals surface area contributed by atoms with Crippen LogP contribution in [0.4, 0.5) is 4.79 Å². The van der Waals surface area contributed by atoms with Gasteiger partial charge in [0.2, 0.25) is 0 Å². The van der Waals surface area contributed by atoms with E-state index in [0.29, 0.717) is 0 Å². The molecule has 0 aromatic heterocycles. The van der Waals surface area contributed by atoms with Gasteiger partial charge in [-0.15, -0.1) is 6.42 Å². The number of nitrogens with two attached hydrogens (primary N) is 1. The van der Waals surface area contributed by atoms with E-state index < -0.39 is 6.03 Å². The smallest absolute Gasteiger partial charge is 0.313 e. The number of carbonyl (C=O) groups is 1. The molecule has 0 aromatic rings. The molecular formula is C5H8N2O. The Morgan fingerprint density at radius 1 is 2.00 bits per heavy atom. The molecule has 0 aromatic carbocycles. The van der Waals surface area contributed by atoms with E-state index in [1.807, 2.05) is 0 Å². The van der Waals surface area contributed by atoms with Crippen molar-refractivity contribution in [2.75, 3.05) is 0 Å². The van der Waals surface area contributed by atoms with Crippen molar-refractivity contribution >= 4 is 6.03 Å². The molecule has 0 aliphatic rings. The Morgan fingerprint density at radius 2 is 2.50 bits per heavy atom. The van der Waals surface area contributed by atoms with Crippen LogP contribution in [-0.2, 0) is 0 Å². The number of terminal acetylenes is 1. The van der Waals surface area contributed by atoms with E-state index in [2.05, 4.69) is 11.2 Å². The molecule has 0 aliphatic heterocycles. The van der Waals surface area contributed by atoms with E-state index in [1.165, 1.54) is 0 Å². The van der Waals surface area contributed by atoms with Crippen LogP contribution >= 0.6 is 0 Å². The third-order valence-electron chi connectivity index (χ3n) is 0.609. The summed E-state index contributed by atoms with van der Waals surface area (Å²) in [7, 11) is 0. The molecule has 3 nitrogen and oxygen atoms in total. The summed E-state index contributed by atoms with van der Waals surface area (Å²) in [6.45, 7) is 1.67. The molecule has 0 bridgehead atoms. The molecule has 0 fully saturated rings. The van der Waals surface area contributed by atoms with Crippen molar-refractivity contribution in [2.24, 2.45) is 5.73 Å². The van der Waals surface area contributed by atoms with Crippen LogP contribution < -0.4 is 11.1 Å². The van der Waals surface area contributed by atoms with E-state index in [9.17, 15) is 4.79 Å². The van der Waals surface area contributed by atoms with Crippen LogP contribution in [0.5, 0.6) is 0 Å². The zero-order chi connectivity index (χ0) is 6.57. The number of hydrogen-bond acceptors (Lipinski definition) is 1. The van der Waals surface area contributed by atoms with Crippen molar-refractivity contribution in [2.45, 2.75) is 13.0 Å². The highest BCUT2D eigenvalue weighted by atomic mass is 16.2. The van der Waals surface area contributed by atoms with E-state index in [1.54, 1.807) is 6.92 Å². The van der Waals surface area contributed by atoms with Crippen molar-refractivity contribution in [3.63, 3.8) is 0 Å². The minimum atomic E-state index is -0.588. The second-order valence-corrected chi connectivity index (χ2v) is 1.40. The highest BCUT2D eigenvalue weighted by Crippen LogP contribution is 1.72. The quantitative estimate of drug-likeness (QED) is 0.448. The highest BCUT2D eigenvalue weighted by Gasteiger charge is 1.95. The molecule has 1 unspecified atom stereocenters. The van der Waals surface area contributed by atoms with Gasteiger partial charge in [-0.2, -0.15) is 0 Å². The standard InChI is InChI=1S/C5H8N2O/c1-3-4(2)7-5(6)8/h1,4H,2H3,(H3,6,7,8). The second kappa shape index (κ2) is 2.92. The van der Waals surface area contributed by atoms with Gasteiger partial charge in [0.1, 0.15) is 0 Å². The average molecular weight is 112 g/mol. The third-order valence-corrected chi connectivity index (χ3v) is 0.609. The summed E-state index contributed by atoms with van der Waals surface area (Å²) in [5.41, 5.74) is 4.72. The molecule has 0 spiro atoms. The summed E-state index contributed by atoms with van der Waals surface area (Å²) >= 11 is 0.